The summed E-state index contributed by atoms with van der Waals surface area (Å²) in [5.41, 5.74) is 4.12. The molecular formula is C17H16O2. The fourth-order valence-corrected chi connectivity index (χ4v) is 2.82. The molecule has 19 heavy (non-hydrogen) atoms. The number of carbonyl (C=O) groups excluding carboxylic acids is 1. The molecule has 0 saturated heterocycles. The first-order valence-corrected chi connectivity index (χ1v) is 6.50. The number of carbonyl (C=O) groups is 1. The van der Waals surface area contributed by atoms with Crippen LogP contribution in [0.3, 0.4) is 0 Å². The van der Waals surface area contributed by atoms with Crippen LogP contribution in [0.4, 0.5) is 0 Å². The number of benzene rings is 2. The van der Waals surface area contributed by atoms with Gasteiger partial charge in [-0.2, -0.15) is 0 Å². The highest BCUT2D eigenvalue weighted by atomic mass is 16.5. The number of ketones is 1. The summed E-state index contributed by atoms with van der Waals surface area (Å²) >= 11 is 0. The van der Waals surface area contributed by atoms with Crippen molar-refractivity contribution in [2.75, 3.05) is 6.61 Å². The number of ether oxygens (including phenoxy) is 1. The van der Waals surface area contributed by atoms with Crippen molar-refractivity contribution >= 4 is 5.78 Å². The van der Waals surface area contributed by atoms with E-state index in [0.29, 0.717) is 17.9 Å². The molecule has 0 radical (unpaired) electrons. The van der Waals surface area contributed by atoms with Gasteiger partial charge >= 0.3 is 0 Å². The highest BCUT2D eigenvalue weighted by molar-refractivity contribution is 6.04. The van der Waals surface area contributed by atoms with Crippen molar-refractivity contribution in [2.24, 2.45) is 0 Å². The van der Waals surface area contributed by atoms with Crippen LogP contribution >= 0.6 is 0 Å². The predicted octanol–water partition coefficient (Wildman–Crippen LogP) is 3.66. The Balaban J connectivity index is 2.08. The summed E-state index contributed by atoms with van der Waals surface area (Å²) in [6.45, 7) is 4.54. The molecule has 1 aliphatic heterocycles. The first-order valence-electron chi connectivity index (χ1n) is 6.50. The third-order valence-electron chi connectivity index (χ3n) is 3.77. The number of para-hydroxylation sites is 1. The van der Waals surface area contributed by atoms with E-state index in [0.717, 1.165) is 16.7 Å². The van der Waals surface area contributed by atoms with Gasteiger partial charge in [-0.15, -0.1) is 0 Å². The molecule has 0 amide bonds. The van der Waals surface area contributed by atoms with Crippen molar-refractivity contribution in [3.63, 3.8) is 0 Å². The second kappa shape index (κ2) is 4.54. The van der Waals surface area contributed by atoms with E-state index in [1.165, 1.54) is 0 Å². The van der Waals surface area contributed by atoms with Crippen molar-refractivity contribution in [2.45, 2.75) is 19.8 Å². The molecule has 2 aromatic rings. The predicted molar refractivity (Wildman–Crippen MR) is 74.9 cm³/mol. The van der Waals surface area contributed by atoms with Gasteiger partial charge in [0.1, 0.15) is 12.4 Å². The average Bonchev–Trinajstić information content (AvgIpc) is 2.41. The van der Waals surface area contributed by atoms with Crippen molar-refractivity contribution in [1.29, 1.82) is 0 Å². The number of Topliss-reactive ketones (excluding diaryl/α,β-unsaturated/α-hetero) is 1. The van der Waals surface area contributed by atoms with E-state index in [1.54, 1.807) is 0 Å². The van der Waals surface area contributed by atoms with Crippen LogP contribution in [0.1, 0.15) is 33.0 Å². The summed E-state index contributed by atoms with van der Waals surface area (Å²) in [4.78, 5) is 12.6. The molecule has 2 aromatic carbocycles. The monoisotopic (exact) mass is 252 g/mol. The number of fused-ring (bicyclic) bond motifs is 1. The van der Waals surface area contributed by atoms with Crippen LogP contribution in [0.5, 0.6) is 5.75 Å². The Bertz CT molecular complexity index is 623. The summed E-state index contributed by atoms with van der Waals surface area (Å²) in [5, 5.41) is 0. The fourth-order valence-electron chi connectivity index (χ4n) is 2.82. The van der Waals surface area contributed by atoms with Crippen molar-refractivity contribution in [3.05, 3.63) is 64.7 Å². The van der Waals surface area contributed by atoms with E-state index in [-0.39, 0.29) is 11.7 Å². The molecule has 0 spiro atoms. The smallest absolute Gasteiger partial charge is 0.177 e. The lowest BCUT2D eigenvalue weighted by molar-refractivity contribution is 0.0895. The number of aryl methyl sites for hydroxylation is 2. The highest BCUT2D eigenvalue weighted by Crippen LogP contribution is 2.34. The van der Waals surface area contributed by atoms with Crippen LogP contribution in [0.2, 0.25) is 0 Å². The Morgan fingerprint density at radius 2 is 1.68 bits per heavy atom. The number of hydrogen-bond donors (Lipinski definition) is 0. The van der Waals surface area contributed by atoms with E-state index < -0.39 is 0 Å². The quantitative estimate of drug-likeness (QED) is 0.774. The molecular weight excluding hydrogens is 236 g/mol. The van der Waals surface area contributed by atoms with E-state index >= 15 is 0 Å². The molecule has 0 fully saturated rings. The van der Waals surface area contributed by atoms with Crippen LogP contribution in [0, 0.1) is 13.8 Å². The lowest BCUT2D eigenvalue weighted by atomic mass is 9.84. The molecule has 2 heteroatoms. The molecule has 0 saturated carbocycles. The molecule has 0 aliphatic carbocycles. The molecule has 1 heterocycles. The zero-order valence-electron chi connectivity index (χ0n) is 11.1. The first kappa shape index (κ1) is 12.0. The number of hydrogen-bond acceptors (Lipinski definition) is 2. The maximum atomic E-state index is 12.6. The van der Waals surface area contributed by atoms with Crippen LogP contribution < -0.4 is 4.74 Å². The van der Waals surface area contributed by atoms with Crippen LogP contribution in [-0.4, -0.2) is 12.4 Å². The minimum absolute atomic E-state index is 0.166. The van der Waals surface area contributed by atoms with Crippen molar-refractivity contribution in [3.8, 4) is 5.75 Å². The van der Waals surface area contributed by atoms with E-state index in [1.807, 2.05) is 30.3 Å². The van der Waals surface area contributed by atoms with Crippen LogP contribution in [-0.2, 0) is 0 Å². The van der Waals surface area contributed by atoms with Gasteiger partial charge in [0.25, 0.3) is 0 Å². The van der Waals surface area contributed by atoms with Gasteiger partial charge in [-0.3, -0.25) is 4.79 Å². The Kier molecular flexibility index (Phi) is 2.86. The summed E-state index contributed by atoms with van der Waals surface area (Å²) in [6, 6.07) is 13.6. The van der Waals surface area contributed by atoms with Gasteiger partial charge in [0.05, 0.1) is 11.5 Å². The third kappa shape index (κ3) is 1.93. The average molecular weight is 252 g/mol. The first-order chi connectivity index (χ1) is 9.18. The molecule has 0 N–H and O–H groups in total. The van der Waals surface area contributed by atoms with E-state index in [4.69, 9.17) is 4.74 Å². The Hall–Kier alpha value is -2.09. The Morgan fingerprint density at radius 1 is 1.00 bits per heavy atom. The lowest BCUT2D eigenvalue weighted by Gasteiger charge is -2.26. The SMILES string of the molecule is Cc1cccc(C)c1[C@@H]1COc2ccccc2C1=O. The van der Waals surface area contributed by atoms with Gasteiger partial charge in [0.2, 0.25) is 0 Å². The molecule has 0 bridgehead atoms. The molecule has 1 aliphatic rings. The maximum absolute atomic E-state index is 12.6. The minimum Gasteiger partial charge on any atom is -0.492 e. The van der Waals surface area contributed by atoms with Crippen LogP contribution in [0.15, 0.2) is 42.5 Å². The topological polar surface area (TPSA) is 26.3 Å². The fraction of sp³-hybridized carbons (Fsp3) is 0.235. The summed E-state index contributed by atoms with van der Waals surface area (Å²) in [5.74, 6) is 0.685. The molecule has 2 nitrogen and oxygen atoms in total. The van der Waals surface area contributed by atoms with Gasteiger partial charge in [0.15, 0.2) is 5.78 Å². The second-order valence-electron chi connectivity index (χ2n) is 5.03. The van der Waals surface area contributed by atoms with Crippen molar-refractivity contribution in [1.82, 2.24) is 0 Å². The van der Waals surface area contributed by atoms with E-state index in [9.17, 15) is 4.79 Å². The lowest BCUT2D eigenvalue weighted by Crippen LogP contribution is -2.27. The zero-order chi connectivity index (χ0) is 13.4. The minimum atomic E-state index is -0.184. The van der Waals surface area contributed by atoms with Crippen LogP contribution in [0.25, 0.3) is 0 Å². The highest BCUT2D eigenvalue weighted by Gasteiger charge is 2.31. The molecule has 96 valence electrons. The van der Waals surface area contributed by atoms with Gasteiger partial charge in [-0.1, -0.05) is 30.3 Å². The third-order valence-corrected chi connectivity index (χ3v) is 3.77. The standard InChI is InChI=1S/C17H16O2/c1-11-6-5-7-12(2)16(11)14-10-19-15-9-4-3-8-13(15)17(14)18/h3-9,14H,10H2,1-2H3/t14-/m0/s1. The van der Waals surface area contributed by atoms with Gasteiger partial charge in [-0.05, 0) is 42.7 Å². The van der Waals surface area contributed by atoms with Crippen molar-refractivity contribution < 1.29 is 9.53 Å². The Morgan fingerprint density at radius 3 is 2.42 bits per heavy atom. The van der Waals surface area contributed by atoms with Gasteiger partial charge in [-0.25, -0.2) is 0 Å². The molecule has 0 unspecified atom stereocenters. The second-order valence-corrected chi connectivity index (χ2v) is 5.03. The molecule has 3 rings (SSSR count). The van der Waals surface area contributed by atoms with Gasteiger partial charge in [0, 0.05) is 0 Å². The molecule has 0 aromatic heterocycles. The van der Waals surface area contributed by atoms with E-state index in [2.05, 4.69) is 26.0 Å². The summed E-state index contributed by atoms with van der Waals surface area (Å²) < 4.78 is 5.75. The largest absolute Gasteiger partial charge is 0.492 e. The summed E-state index contributed by atoms with van der Waals surface area (Å²) in [7, 11) is 0. The Labute approximate surface area is 113 Å². The maximum Gasteiger partial charge on any atom is 0.177 e. The molecule has 1 atom stereocenters. The normalized spacial score (nSPS) is 17.8. The number of rotatable bonds is 1. The van der Waals surface area contributed by atoms with Gasteiger partial charge < -0.3 is 4.74 Å². The summed E-state index contributed by atoms with van der Waals surface area (Å²) in [6.07, 6.45) is 0. The zero-order valence-corrected chi connectivity index (χ0v) is 11.1.